The number of rotatable bonds is 2. The van der Waals surface area contributed by atoms with E-state index < -0.39 is 5.97 Å². The summed E-state index contributed by atoms with van der Waals surface area (Å²) in [7, 11) is 3.11. The Morgan fingerprint density at radius 2 is 2.28 bits per heavy atom. The lowest BCUT2D eigenvalue weighted by Crippen LogP contribution is -2.37. The first-order chi connectivity index (χ1) is 8.60. The summed E-state index contributed by atoms with van der Waals surface area (Å²) >= 11 is 0. The average molecular weight is 251 g/mol. The van der Waals surface area contributed by atoms with Gasteiger partial charge in [-0.25, -0.2) is 9.78 Å². The van der Waals surface area contributed by atoms with Crippen LogP contribution in [-0.4, -0.2) is 29.7 Å². The molecule has 0 saturated heterocycles. The summed E-state index contributed by atoms with van der Waals surface area (Å²) < 4.78 is 6.31. The monoisotopic (exact) mass is 251 g/mol. The smallest absolute Gasteiger partial charge is 0.357 e. The Balaban J connectivity index is 2.64. The number of carbonyl (C=O) groups excluding carboxylic acids is 1. The van der Waals surface area contributed by atoms with Crippen molar-refractivity contribution in [3.05, 3.63) is 27.4 Å². The molecular formula is C12H17N3O3. The van der Waals surface area contributed by atoms with Crippen LogP contribution in [0, 0.1) is 6.92 Å². The first-order valence-corrected chi connectivity index (χ1v) is 5.97. The van der Waals surface area contributed by atoms with Crippen molar-refractivity contribution in [3.8, 4) is 0 Å². The van der Waals surface area contributed by atoms with E-state index in [2.05, 4.69) is 15.0 Å². The van der Waals surface area contributed by atoms with Crippen LogP contribution in [0.15, 0.2) is 4.79 Å². The van der Waals surface area contributed by atoms with E-state index in [-0.39, 0.29) is 17.3 Å². The van der Waals surface area contributed by atoms with Crippen LogP contribution in [-0.2, 0) is 11.3 Å². The Labute approximate surface area is 105 Å². The third-order valence-electron chi connectivity index (χ3n) is 3.34. The zero-order valence-corrected chi connectivity index (χ0v) is 10.8. The second-order valence-electron chi connectivity index (χ2n) is 4.38. The third kappa shape index (κ3) is 1.92. The van der Waals surface area contributed by atoms with Gasteiger partial charge in [-0.15, -0.1) is 0 Å². The first kappa shape index (κ1) is 12.8. The van der Waals surface area contributed by atoms with Crippen molar-refractivity contribution in [1.29, 1.82) is 0 Å². The van der Waals surface area contributed by atoms with Gasteiger partial charge in [-0.1, -0.05) is 0 Å². The Bertz CT molecular complexity index is 536. The molecule has 0 saturated carbocycles. The van der Waals surface area contributed by atoms with Crippen molar-refractivity contribution in [2.24, 2.45) is 0 Å². The van der Waals surface area contributed by atoms with Gasteiger partial charge in [-0.3, -0.25) is 9.36 Å². The largest absolute Gasteiger partial charge is 0.464 e. The SMILES string of the molecule is CNC1CCCn2c1nc(C(=O)OC)c(C)c2=O. The van der Waals surface area contributed by atoms with Crippen LogP contribution in [0.1, 0.15) is 40.8 Å². The minimum absolute atomic E-state index is 0.00968. The summed E-state index contributed by atoms with van der Waals surface area (Å²) in [5.41, 5.74) is 0.318. The van der Waals surface area contributed by atoms with E-state index in [0.717, 1.165) is 12.8 Å². The highest BCUT2D eigenvalue weighted by atomic mass is 16.5. The van der Waals surface area contributed by atoms with Gasteiger partial charge < -0.3 is 10.1 Å². The Morgan fingerprint density at radius 1 is 1.56 bits per heavy atom. The van der Waals surface area contributed by atoms with Crippen LogP contribution in [0.4, 0.5) is 0 Å². The van der Waals surface area contributed by atoms with Crippen LogP contribution in [0.2, 0.25) is 0 Å². The van der Waals surface area contributed by atoms with E-state index >= 15 is 0 Å². The lowest BCUT2D eigenvalue weighted by molar-refractivity contribution is 0.0591. The maximum atomic E-state index is 12.2. The molecule has 1 N–H and O–H groups in total. The molecule has 0 spiro atoms. The Kier molecular flexibility index (Phi) is 3.47. The molecule has 1 aromatic rings. The van der Waals surface area contributed by atoms with Crippen molar-refractivity contribution < 1.29 is 9.53 Å². The maximum Gasteiger partial charge on any atom is 0.357 e. The van der Waals surface area contributed by atoms with Crippen molar-refractivity contribution in [3.63, 3.8) is 0 Å². The van der Waals surface area contributed by atoms with Gasteiger partial charge in [-0.05, 0) is 26.8 Å². The van der Waals surface area contributed by atoms with Crippen LogP contribution in [0.3, 0.4) is 0 Å². The fourth-order valence-electron chi connectivity index (χ4n) is 2.30. The fourth-order valence-corrected chi connectivity index (χ4v) is 2.30. The number of ether oxygens (including phenoxy) is 1. The molecule has 1 aliphatic rings. The van der Waals surface area contributed by atoms with Crippen molar-refractivity contribution in [2.75, 3.05) is 14.2 Å². The van der Waals surface area contributed by atoms with Gasteiger partial charge in [-0.2, -0.15) is 0 Å². The molecule has 0 fully saturated rings. The molecule has 1 atom stereocenters. The molecule has 0 bridgehead atoms. The number of aromatic nitrogens is 2. The highest BCUT2D eigenvalue weighted by Crippen LogP contribution is 2.22. The molecule has 0 radical (unpaired) electrons. The van der Waals surface area contributed by atoms with Gasteiger partial charge in [0.1, 0.15) is 5.82 Å². The lowest BCUT2D eigenvalue weighted by Gasteiger charge is -2.26. The Morgan fingerprint density at radius 3 is 2.89 bits per heavy atom. The normalized spacial score (nSPS) is 18.3. The highest BCUT2D eigenvalue weighted by molar-refractivity contribution is 5.88. The van der Waals surface area contributed by atoms with Gasteiger partial charge in [0.15, 0.2) is 5.69 Å². The van der Waals surface area contributed by atoms with E-state index in [0.29, 0.717) is 17.9 Å². The zero-order valence-electron chi connectivity index (χ0n) is 10.8. The van der Waals surface area contributed by atoms with E-state index in [1.165, 1.54) is 7.11 Å². The van der Waals surface area contributed by atoms with E-state index in [1.807, 2.05) is 7.05 Å². The standard InChI is InChI=1S/C12H17N3O3/c1-7-9(12(17)18-3)14-10-8(13-2)5-4-6-15(10)11(7)16/h8,13H,4-6H2,1-3H3. The number of fused-ring (bicyclic) bond motifs is 1. The Hall–Kier alpha value is -1.69. The summed E-state index contributed by atoms with van der Waals surface area (Å²) in [6, 6.07) is 0.00968. The quantitative estimate of drug-likeness (QED) is 0.770. The van der Waals surface area contributed by atoms with Crippen LogP contribution in [0.25, 0.3) is 0 Å². The van der Waals surface area contributed by atoms with Gasteiger partial charge in [0.25, 0.3) is 5.56 Å². The number of esters is 1. The molecule has 6 heteroatoms. The number of nitrogens with one attached hydrogen (secondary N) is 1. The van der Waals surface area contributed by atoms with E-state index in [1.54, 1.807) is 11.5 Å². The topological polar surface area (TPSA) is 73.2 Å². The summed E-state index contributed by atoms with van der Waals surface area (Å²) in [5, 5.41) is 3.12. The minimum atomic E-state index is -0.562. The molecule has 6 nitrogen and oxygen atoms in total. The average Bonchev–Trinajstić information content (AvgIpc) is 2.41. The summed E-state index contributed by atoms with van der Waals surface area (Å²) in [6.07, 6.45) is 1.84. The summed E-state index contributed by atoms with van der Waals surface area (Å²) in [4.78, 5) is 28.1. The maximum absolute atomic E-state index is 12.2. The highest BCUT2D eigenvalue weighted by Gasteiger charge is 2.26. The van der Waals surface area contributed by atoms with Gasteiger partial charge in [0.05, 0.1) is 13.2 Å². The van der Waals surface area contributed by atoms with Crippen molar-refractivity contribution in [2.45, 2.75) is 32.4 Å². The predicted molar refractivity (Wildman–Crippen MR) is 65.6 cm³/mol. The summed E-state index contributed by atoms with van der Waals surface area (Å²) in [5.74, 6) is 0.0631. The number of hydrogen-bond acceptors (Lipinski definition) is 5. The second-order valence-corrected chi connectivity index (χ2v) is 4.38. The van der Waals surface area contributed by atoms with E-state index in [4.69, 9.17) is 0 Å². The van der Waals surface area contributed by atoms with Crippen LogP contribution < -0.4 is 10.9 Å². The van der Waals surface area contributed by atoms with Gasteiger partial charge in [0, 0.05) is 12.1 Å². The number of carbonyl (C=O) groups is 1. The molecule has 1 unspecified atom stereocenters. The van der Waals surface area contributed by atoms with Crippen molar-refractivity contribution >= 4 is 5.97 Å². The summed E-state index contributed by atoms with van der Waals surface area (Å²) in [6.45, 7) is 2.26. The number of methoxy groups -OCH3 is 1. The second kappa shape index (κ2) is 4.89. The van der Waals surface area contributed by atoms with Crippen molar-refractivity contribution in [1.82, 2.24) is 14.9 Å². The predicted octanol–water partition coefficient (Wildman–Crippen LogP) is 0.393. The number of hydrogen-bond donors (Lipinski definition) is 1. The first-order valence-electron chi connectivity index (χ1n) is 5.97. The minimum Gasteiger partial charge on any atom is -0.464 e. The number of nitrogens with zero attached hydrogens (tertiary/aromatic N) is 2. The molecule has 18 heavy (non-hydrogen) atoms. The molecule has 0 amide bonds. The molecule has 1 aliphatic heterocycles. The molecule has 0 aromatic carbocycles. The molecule has 2 heterocycles. The van der Waals surface area contributed by atoms with Gasteiger partial charge >= 0.3 is 5.97 Å². The lowest BCUT2D eigenvalue weighted by atomic mass is 10.1. The van der Waals surface area contributed by atoms with E-state index in [9.17, 15) is 9.59 Å². The molecule has 2 rings (SSSR count). The third-order valence-corrected chi connectivity index (χ3v) is 3.34. The van der Waals surface area contributed by atoms with Crippen LogP contribution >= 0.6 is 0 Å². The molecule has 0 aliphatic carbocycles. The molecule has 1 aromatic heterocycles. The molecule has 98 valence electrons. The molecular weight excluding hydrogens is 234 g/mol. The van der Waals surface area contributed by atoms with Crippen LogP contribution in [0.5, 0.6) is 0 Å². The zero-order chi connectivity index (χ0) is 13.3. The van der Waals surface area contributed by atoms with Gasteiger partial charge in [0.2, 0.25) is 0 Å². The fraction of sp³-hybridized carbons (Fsp3) is 0.583.